The molecule has 12 aromatic carbocycles. The van der Waals surface area contributed by atoms with Crippen LogP contribution in [-0.4, -0.2) is 25.3 Å². The minimum absolute atomic E-state index is 1.13. The summed E-state index contributed by atoms with van der Waals surface area (Å²) in [6.45, 7) is 0. The average molecular weight is 999 g/mol. The maximum Gasteiger partial charge on any atom is 0.180 e. The van der Waals surface area contributed by atoms with Gasteiger partial charge < -0.3 is 9.13 Å². The van der Waals surface area contributed by atoms with Crippen molar-refractivity contribution in [1.82, 2.24) is 9.13 Å². The van der Waals surface area contributed by atoms with Gasteiger partial charge in [-0.1, -0.05) is 267 Å². The van der Waals surface area contributed by atoms with E-state index in [-0.39, 0.29) is 0 Å². The SMILES string of the molecule is c1ccc([Si](c2ccccc2)(c2ccccc2)c2ccc(-n3c4ccccc4c4cccc(-n5c6ccccc6c6cccc(-c7ccc8c(c7)-c7ccccc7[Si]8(c7ccccc7)c7ccccc7)c65)c43)cc2)cc1. The van der Waals surface area contributed by atoms with Crippen LogP contribution in [0, 0.1) is 0 Å². The van der Waals surface area contributed by atoms with Crippen molar-refractivity contribution in [1.29, 1.82) is 0 Å². The lowest BCUT2D eigenvalue weighted by atomic mass is 9.97. The van der Waals surface area contributed by atoms with Crippen LogP contribution in [0.3, 0.4) is 0 Å². The molecule has 2 nitrogen and oxygen atoms in total. The molecule has 0 atom stereocenters. The molecule has 76 heavy (non-hydrogen) atoms. The van der Waals surface area contributed by atoms with E-state index >= 15 is 0 Å². The van der Waals surface area contributed by atoms with Crippen molar-refractivity contribution in [2.75, 3.05) is 0 Å². The Morgan fingerprint density at radius 3 is 1.30 bits per heavy atom. The molecule has 0 unspecified atom stereocenters. The second kappa shape index (κ2) is 17.7. The van der Waals surface area contributed by atoms with E-state index in [2.05, 4.69) is 312 Å². The first-order valence-corrected chi connectivity index (χ1v) is 30.4. The third-order valence-corrected chi connectivity index (χ3v) is 26.2. The van der Waals surface area contributed by atoms with Crippen LogP contribution in [0.25, 0.3) is 77.2 Å². The number of para-hydroxylation sites is 4. The second-order valence-electron chi connectivity index (χ2n) is 20.3. The van der Waals surface area contributed by atoms with E-state index < -0.39 is 16.1 Å². The van der Waals surface area contributed by atoms with Gasteiger partial charge in [-0.15, -0.1) is 0 Å². The molecule has 0 saturated heterocycles. The minimum atomic E-state index is -2.75. The van der Waals surface area contributed by atoms with Gasteiger partial charge in [0.1, 0.15) is 0 Å². The minimum Gasteiger partial charge on any atom is -0.307 e. The lowest BCUT2D eigenvalue weighted by Gasteiger charge is -2.34. The smallest absolute Gasteiger partial charge is 0.180 e. The van der Waals surface area contributed by atoms with Crippen LogP contribution in [0.15, 0.2) is 303 Å². The van der Waals surface area contributed by atoms with Crippen molar-refractivity contribution in [3.05, 3.63) is 303 Å². The molecule has 1 aliphatic heterocycles. The molecule has 0 saturated carbocycles. The normalized spacial score (nSPS) is 12.8. The van der Waals surface area contributed by atoms with Gasteiger partial charge in [0.2, 0.25) is 0 Å². The van der Waals surface area contributed by atoms with Gasteiger partial charge in [-0.05, 0) is 94.6 Å². The first-order valence-electron chi connectivity index (χ1n) is 26.4. The van der Waals surface area contributed by atoms with E-state index in [4.69, 9.17) is 0 Å². The van der Waals surface area contributed by atoms with Crippen molar-refractivity contribution >= 4 is 101 Å². The molecule has 0 amide bonds. The Labute approximate surface area is 444 Å². The molecular formula is C72H50N2Si2. The largest absolute Gasteiger partial charge is 0.307 e. The fourth-order valence-corrected chi connectivity index (χ4v) is 23.4. The first kappa shape index (κ1) is 44.2. The summed E-state index contributed by atoms with van der Waals surface area (Å²) < 4.78 is 5.09. The lowest BCUT2D eigenvalue weighted by Crippen LogP contribution is -2.74. The molecule has 0 bridgehead atoms. The fraction of sp³-hybridized carbons (Fsp3) is 0. The van der Waals surface area contributed by atoms with Crippen LogP contribution in [-0.2, 0) is 0 Å². The van der Waals surface area contributed by atoms with Gasteiger partial charge in [0, 0.05) is 32.8 Å². The Morgan fingerprint density at radius 1 is 0.276 bits per heavy atom. The summed E-state index contributed by atoms with van der Waals surface area (Å²) >= 11 is 0. The van der Waals surface area contributed by atoms with Crippen LogP contribution in [0.1, 0.15) is 0 Å². The number of nitrogens with zero attached hydrogens (tertiary/aromatic N) is 2. The van der Waals surface area contributed by atoms with Crippen molar-refractivity contribution < 1.29 is 0 Å². The molecule has 15 rings (SSSR count). The van der Waals surface area contributed by atoms with Gasteiger partial charge in [-0.2, -0.15) is 0 Å². The Morgan fingerprint density at radius 2 is 0.711 bits per heavy atom. The van der Waals surface area contributed by atoms with Crippen LogP contribution in [0.5, 0.6) is 0 Å². The summed E-state index contributed by atoms with van der Waals surface area (Å²) in [7, 11) is -5.40. The van der Waals surface area contributed by atoms with Crippen molar-refractivity contribution in [2.45, 2.75) is 0 Å². The highest BCUT2D eigenvalue weighted by molar-refractivity contribution is 7.22. The molecule has 14 aromatic rings. The predicted octanol–water partition coefficient (Wildman–Crippen LogP) is 12.3. The summed E-state index contributed by atoms with van der Waals surface area (Å²) in [6, 6.07) is 114. The molecule has 356 valence electrons. The summed E-state index contributed by atoms with van der Waals surface area (Å²) in [4.78, 5) is 0. The molecule has 0 aliphatic carbocycles. The Balaban J connectivity index is 0.967. The third-order valence-electron chi connectivity index (χ3n) is 16.6. The van der Waals surface area contributed by atoms with Crippen LogP contribution in [0.4, 0.5) is 0 Å². The number of rotatable bonds is 9. The number of aromatic nitrogens is 2. The third kappa shape index (κ3) is 6.38. The summed E-state index contributed by atoms with van der Waals surface area (Å²) in [5, 5.41) is 16.1. The fourth-order valence-electron chi connectivity index (χ4n) is 13.5. The lowest BCUT2D eigenvalue weighted by molar-refractivity contribution is 1.13. The summed E-state index contributed by atoms with van der Waals surface area (Å²) in [6.07, 6.45) is 0. The van der Waals surface area contributed by atoms with E-state index in [0.717, 1.165) is 11.4 Å². The molecule has 4 heteroatoms. The highest BCUT2D eigenvalue weighted by Crippen LogP contribution is 2.43. The molecule has 2 aromatic heterocycles. The van der Waals surface area contributed by atoms with Crippen molar-refractivity contribution in [3.63, 3.8) is 0 Å². The number of fused-ring (bicyclic) bond motifs is 9. The van der Waals surface area contributed by atoms with Gasteiger partial charge in [-0.25, -0.2) is 0 Å². The number of benzene rings is 12. The van der Waals surface area contributed by atoms with Crippen LogP contribution < -0.4 is 41.5 Å². The standard InChI is InChI=1S/C72H50N2Si2/c1-6-24-53(25-7-1)75(54-26-8-2-9-27-54,55-28-10-3-11-29-55)58-47-45-52(46-48-58)73-66-40-19-16-35-61(66)64-39-23-42-68(72(64)73)74-67-41-20-17-34-60(67)63-38-22-37-59(71(63)74)51-44-49-70-65(50-51)62-36-18-21-43-69(62)76(70,56-30-12-4-13-31-56)57-32-14-5-15-33-57/h1-50H. The first-order chi connectivity index (χ1) is 37.7. The number of hydrogen-bond acceptors (Lipinski definition) is 0. The van der Waals surface area contributed by atoms with Crippen LogP contribution in [0.2, 0.25) is 0 Å². The zero-order valence-corrected chi connectivity index (χ0v) is 43.8. The molecule has 0 N–H and O–H groups in total. The van der Waals surface area contributed by atoms with Gasteiger partial charge >= 0.3 is 0 Å². The maximum atomic E-state index is 2.57. The summed E-state index contributed by atoms with van der Waals surface area (Å²) in [5.74, 6) is 0. The molecule has 3 heterocycles. The zero-order chi connectivity index (χ0) is 50.2. The van der Waals surface area contributed by atoms with Crippen molar-refractivity contribution in [3.8, 4) is 33.6 Å². The highest BCUT2D eigenvalue weighted by atomic mass is 28.3. The Kier molecular flexibility index (Phi) is 10.3. The molecule has 0 fully saturated rings. The van der Waals surface area contributed by atoms with E-state index in [1.165, 1.54) is 107 Å². The van der Waals surface area contributed by atoms with Crippen LogP contribution >= 0.6 is 0 Å². The van der Waals surface area contributed by atoms with Gasteiger partial charge in [0.25, 0.3) is 0 Å². The monoisotopic (exact) mass is 998 g/mol. The summed E-state index contributed by atoms with van der Waals surface area (Å²) in [5.41, 5.74) is 12.1. The topological polar surface area (TPSA) is 9.86 Å². The Hall–Kier alpha value is -9.33. The maximum absolute atomic E-state index is 2.75. The van der Waals surface area contributed by atoms with E-state index in [1.54, 1.807) is 0 Å². The quantitative estimate of drug-likeness (QED) is 0.101. The molecule has 0 spiro atoms. The van der Waals surface area contributed by atoms with E-state index in [0.29, 0.717) is 0 Å². The van der Waals surface area contributed by atoms with Crippen molar-refractivity contribution in [2.24, 2.45) is 0 Å². The van der Waals surface area contributed by atoms with E-state index in [9.17, 15) is 0 Å². The zero-order valence-electron chi connectivity index (χ0n) is 41.8. The second-order valence-corrected chi connectivity index (χ2v) is 27.8. The van der Waals surface area contributed by atoms with E-state index in [1.807, 2.05) is 0 Å². The predicted molar refractivity (Wildman–Crippen MR) is 327 cm³/mol. The highest BCUT2D eigenvalue weighted by Gasteiger charge is 2.48. The van der Waals surface area contributed by atoms with Gasteiger partial charge in [0.05, 0.1) is 27.8 Å². The molecule has 1 aliphatic rings. The molecule has 0 radical (unpaired) electrons. The average Bonchev–Trinajstić information content (AvgIpc) is 4.30. The van der Waals surface area contributed by atoms with Gasteiger partial charge in [0.15, 0.2) is 16.1 Å². The van der Waals surface area contributed by atoms with Gasteiger partial charge in [-0.3, -0.25) is 0 Å². The number of hydrogen-bond donors (Lipinski definition) is 0. The molecular weight excluding hydrogens is 949 g/mol. The Bertz CT molecular complexity index is 4350.